The summed E-state index contributed by atoms with van der Waals surface area (Å²) in [5, 5.41) is 10.9. The van der Waals surface area contributed by atoms with Crippen molar-refractivity contribution in [2.75, 3.05) is 7.11 Å². The van der Waals surface area contributed by atoms with Crippen LogP contribution < -0.4 is 4.74 Å². The maximum absolute atomic E-state index is 8.65. The van der Waals surface area contributed by atoms with E-state index in [1.807, 2.05) is 30.3 Å². The van der Waals surface area contributed by atoms with Crippen LogP contribution in [-0.4, -0.2) is 7.11 Å². The number of hydrogen-bond acceptors (Lipinski definition) is 2. The minimum atomic E-state index is 0.444. The zero-order valence-corrected chi connectivity index (χ0v) is 10.4. The molecule has 0 atom stereocenters. The third kappa shape index (κ3) is 1.89. The third-order valence-corrected chi connectivity index (χ3v) is 3.30. The van der Waals surface area contributed by atoms with E-state index in [0.29, 0.717) is 6.42 Å². The molecule has 0 aliphatic carbocycles. The summed E-state index contributed by atoms with van der Waals surface area (Å²) in [6, 6.07) is 12.1. The maximum Gasteiger partial charge on any atom is 0.133 e. The lowest BCUT2D eigenvalue weighted by Gasteiger charge is -2.07. The monoisotopic (exact) mass is 275 g/mol. The number of nitriles is 1. The van der Waals surface area contributed by atoms with Crippen molar-refractivity contribution >= 4 is 26.7 Å². The number of nitrogens with zero attached hydrogens (tertiary/aromatic N) is 1. The molecule has 0 unspecified atom stereocenters. The van der Waals surface area contributed by atoms with Crippen molar-refractivity contribution in [1.29, 1.82) is 5.26 Å². The number of ether oxygens (including phenoxy) is 1. The molecule has 0 saturated carbocycles. The number of hydrogen-bond donors (Lipinski definition) is 0. The third-order valence-electron chi connectivity index (χ3n) is 2.49. The van der Waals surface area contributed by atoms with Gasteiger partial charge in [0.2, 0.25) is 0 Å². The Morgan fingerprint density at radius 2 is 2.12 bits per heavy atom. The Labute approximate surface area is 103 Å². The Morgan fingerprint density at radius 3 is 2.81 bits per heavy atom. The Kier molecular flexibility index (Phi) is 3.12. The molecule has 0 radical (unpaired) electrons. The summed E-state index contributed by atoms with van der Waals surface area (Å²) in [4.78, 5) is 0. The first-order valence-electron chi connectivity index (χ1n) is 4.88. The Morgan fingerprint density at radius 1 is 1.31 bits per heavy atom. The quantitative estimate of drug-likeness (QED) is 0.838. The number of benzene rings is 2. The summed E-state index contributed by atoms with van der Waals surface area (Å²) in [6.07, 6.45) is 0.444. The van der Waals surface area contributed by atoms with Gasteiger partial charge >= 0.3 is 0 Å². The van der Waals surface area contributed by atoms with Gasteiger partial charge in [-0.15, -0.1) is 0 Å². The van der Waals surface area contributed by atoms with E-state index < -0.39 is 0 Å². The molecule has 2 aromatic rings. The fraction of sp³-hybridized carbons (Fsp3) is 0.154. The smallest absolute Gasteiger partial charge is 0.133 e. The van der Waals surface area contributed by atoms with Crippen LogP contribution in [0.15, 0.2) is 34.8 Å². The van der Waals surface area contributed by atoms with Crippen LogP contribution in [0.4, 0.5) is 0 Å². The van der Waals surface area contributed by atoms with Crippen molar-refractivity contribution in [3.8, 4) is 11.8 Å². The van der Waals surface area contributed by atoms with Crippen LogP contribution in [-0.2, 0) is 6.42 Å². The van der Waals surface area contributed by atoms with E-state index in [1.54, 1.807) is 7.11 Å². The fourth-order valence-corrected chi connectivity index (χ4v) is 2.34. The molecule has 0 heterocycles. The highest BCUT2D eigenvalue weighted by Crippen LogP contribution is 2.33. The first-order valence-corrected chi connectivity index (χ1v) is 5.67. The van der Waals surface area contributed by atoms with Gasteiger partial charge in [-0.2, -0.15) is 5.26 Å². The average Bonchev–Trinajstić information content (AvgIpc) is 2.30. The molecular formula is C13H10BrNO. The molecule has 0 spiro atoms. The van der Waals surface area contributed by atoms with Crippen LogP contribution in [0.1, 0.15) is 5.56 Å². The molecule has 16 heavy (non-hydrogen) atoms. The SMILES string of the molecule is COc1ccc2cc(CC#N)ccc2c1Br. The minimum absolute atomic E-state index is 0.444. The summed E-state index contributed by atoms with van der Waals surface area (Å²) in [5.74, 6) is 0.820. The highest BCUT2D eigenvalue weighted by molar-refractivity contribution is 9.10. The number of rotatable bonds is 2. The number of halogens is 1. The fourth-order valence-electron chi connectivity index (χ4n) is 1.68. The van der Waals surface area contributed by atoms with Gasteiger partial charge in [0.05, 0.1) is 24.1 Å². The highest BCUT2D eigenvalue weighted by atomic mass is 79.9. The molecule has 0 N–H and O–H groups in total. The van der Waals surface area contributed by atoms with Crippen molar-refractivity contribution in [3.63, 3.8) is 0 Å². The van der Waals surface area contributed by atoms with Crippen LogP contribution in [0.3, 0.4) is 0 Å². The Bertz CT molecular complexity index is 572. The van der Waals surface area contributed by atoms with Gasteiger partial charge in [0, 0.05) is 0 Å². The van der Waals surface area contributed by atoms with E-state index in [9.17, 15) is 0 Å². The largest absolute Gasteiger partial charge is 0.496 e. The van der Waals surface area contributed by atoms with Gasteiger partial charge in [0.1, 0.15) is 5.75 Å². The minimum Gasteiger partial charge on any atom is -0.496 e. The van der Waals surface area contributed by atoms with Crippen LogP contribution in [0, 0.1) is 11.3 Å². The first kappa shape index (κ1) is 11.0. The summed E-state index contributed by atoms with van der Waals surface area (Å²) >= 11 is 3.52. The van der Waals surface area contributed by atoms with E-state index in [4.69, 9.17) is 10.00 Å². The van der Waals surface area contributed by atoms with E-state index in [0.717, 1.165) is 26.6 Å². The summed E-state index contributed by atoms with van der Waals surface area (Å²) in [5.41, 5.74) is 1.03. The van der Waals surface area contributed by atoms with Gasteiger partial charge in [0.25, 0.3) is 0 Å². The molecule has 2 nitrogen and oxygen atoms in total. The van der Waals surface area contributed by atoms with E-state index in [-0.39, 0.29) is 0 Å². The van der Waals surface area contributed by atoms with Crippen LogP contribution in [0.25, 0.3) is 10.8 Å². The van der Waals surface area contributed by atoms with Crippen molar-refractivity contribution in [1.82, 2.24) is 0 Å². The van der Waals surface area contributed by atoms with Gasteiger partial charge in [-0.1, -0.05) is 24.3 Å². The molecule has 0 aliphatic rings. The zero-order chi connectivity index (χ0) is 11.5. The Balaban J connectivity index is 2.61. The second-order valence-corrected chi connectivity index (χ2v) is 4.27. The average molecular weight is 276 g/mol. The summed E-state index contributed by atoms with van der Waals surface area (Å²) in [6.45, 7) is 0. The molecule has 0 aliphatic heterocycles. The molecule has 0 aromatic heterocycles. The van der Waals surface area contributed by atoms with Gasteiger partial charge in [0.15, 0.2) is 0 Å². The second kappa shape index (κ2) is 4.54. The maximum atomic E-state index is 8.65. The molecule has 0 fully saturated rings. The van der Waals surface area contributed by atoms with E-state index >= 15 is 0 Å². The lowest BCUT2D eigenvalue weighted by atomic mass is 10.1. The van der Waals surface area contributed by atoms with Gasteiger partial charge in [-0.05, 0) is 38.3 Å². The molecule has 2 aromatic carbocycles. The van der Waals surface area contributed by atoms with Gasteiger partial charge < -0.3 is 4.74 Å². The zero-order valence-electron chi connectivity index (χ0n) is 8.83. The number of fused-ring (bicyclic) bond motifs is 1. The molecule has 2 rings (SSSR count). The number of methoxy groups -OCH3 is 1. The molecule has 0 amide bonds. The van der Waals surface area contributed by atoms with Crippen LogP contribution in [0.2, 0.25) is 0 Å². The second-order valence-electron chi connectivity index (χ2n) is 3.47. The lowest BCUT2D eigenvalue weighted by Crippen LogP contribution is -1.87. The van der Waals surface area contributed by atoms with Crippen LogP contribution >= 0.6 is 15.9 Å². The van der Waals surface area contributed by atoms with Crippen molar-refractivity contribution < 1.29 is 4.74 Å². The molecule has 0 bridgehead atoms. The lowest BCUT2D eigenvalue weighted by molar-refractivity contribution is 0.413. The molecule has 0 saturated heterocycles. The van der Waals surface area contributed by atoms with E-state index in [1.165, 1.54) is 0 Å². The predicted octanol–water partition coefficient (Wildman–Crippen LogP) is 3.68. The highest BCUT2D eigenvalue weighted by Gasteiger charge is 2.05. The Hall–Kier alpha value is -1.53. The van der Waals surface area contributed by atoms with Crippen molar-refractivity contribution in [2.45, 2.75) is 6.42 Å². The first-order chi connectivity index (χ1) is 7.76. The van der Waals surface area contributed by atoms with Crippen LogP contribution in [0.5, 0.6) is 5.75 Å². The topological polar surface area (TPSA) is 33.0 Å². The standard InChI is InChI=1S/C13H10BrNO/c1-16-12-5-3-10-8-9(6-7-15)2-4-11(10)13(12)14/h2-5,8H,6H2,1H3. The normalized spacial score (nSPS) is 10.1. The van der Waals surface area contributed by atoms with Crippen molar-refractivity contribution in [3.05, 3.63) is 40.4 Å². The summed E-state index contributed by atoms with van der Waals surface area (Å²) in [7, 11) is 1.65. The van der Waals surface area contributed by atoms with Crippen molar-refractivity contribution in [2.24, 2.45) is 0 Å². The summed E-state index contributed by atoms with van der Waals surface area (Å²) < 4.78 is 6.19. The molecule has 80 valence electrons. The van der Waals surface area contributed by atoms with E-state index in [2.05, 4.69) is 22.0 Å². The van der Waals surface area contributed by atoms with Gasteiger partial charge in [-0.25, -0.2) is 0 Å². The molecule has 3 heteroatoms. The molecular weight excluding hydrogens is 266 g/mol. The predicted molar refractivity (Wildman–Crippen MR) is 67.5 cm³/mol. The van der Waals surface area contributed by atoms with Gasteiger partial charge in [-0.3, -0.25) is 0 Å².